The number of hydrogen-bond donors (Lipinski definition) is 0. The van der Waals surface area contributed by atoms with Crippen molar-refractivity contribution < 1.29 is 0 Å². The monoisotopic (exact) mass is 262 g/mol. The molecule has 4 heteroatoms. The van der Waals surface area contributed by atoms with Crippen molar-refractivity contribution in [3.63, 3.8) is 0 Å². The Kier molecular flexibility index (Phi) is 5.67. The summed E-state index contributed by atoms with van der Waals surface area (Å²) in [4.78, 5) is 2.77. The summed E-state index contributed by atoms with van der Waals surface area (Å²) in [5, 5.41) is 2.22. The topological polar surface area (TPSA) is 0 Å². The van der Waals surface area contributed by atoms with Gasteiger partial charge in [-0.3, -0.25) is 0 Å². The SMILES string of the molecule is C/C=C(/C)S/C(SC)=C1\SC=C(C)S1. The average molecular weight is 262 g/mol. The third-order valence-electron chi connectivity index (χ3n) is 1.60. The number of hydrogen-bond acceptors (Lipinski definition) is 4. The Labute approximate surface area is 103 Å². The number of allylic oxidation sites excluding steroid dienone is 3. The van der Waals surface area contributed by atoms with Crippen molar-refractivity contribution in [2.75, 3.05) is 6.26 Å². The van der Waals surface area contributed by atoms with Crippen LogP contribution in [0.4, 0.5) is 0 Å². The summed E-state index contributed by atoms with van der Waals surface area (Å²) in [6.07, 6.45) is 4.30. The van der Waals surface area contributed by atoms with Gasteiger partial charge in [-0.05, 0) is 42.2 Å². The first kappa shape index (κ1) is 12.7. The van der Waals surface area contributed by atoms with Gasteiger partial charge in [-0.2, -0.15) is 0 Å². The van der Waals surface area contributed by atoms with Crippen LogP contribution in [0.5, 0.6) is 0 Å². The average Bonchev–Trinajstić information content (AvgIpc) is 2.60. The largest absolute Gasteiger partial charge is 0.121 e. The van der Waals surface area contributed by atoms with Crippen molar-refractivity contribution >= 4 is 47.0 Å². The van der Waals surface area contributed by atoms with E-state index in [0.717, 1.165) is 0 Å². The van der Waals surface area contributed by atoms with Crippen LogP contribution >= 0.6 is 47.0 Å². The Morgan fingerprint density at radius 2 is 2.21 bits per heavy atom. The Hall–Kier alpha value is 0.620. The van der Waals surface area contributed by atoms with Crippen molar-refractivity contribution in [1.29, 1.82) is 0 Å². The van der Waals surface area contributed by atoms with Crippen molar-refractivity contribution in [2.24, 2.45) is 0 Å². The minimum Gasteiger partial charge on any atom is -0.121 e. The molecule has 1 aliphatic heterocycles. The quantitative estimate of drug-likeness (QED) is 0.660. The molecule has 0 nitrogen and oxygen atoms in total. The highest BCUT2D eigenvalue weighted by Crippen LogP contribution is 2.50. The van der Waals surface area contributed by atoms with Crippen LogP contribution in [-0.2, 0) is 0 Å². The molecule has 0 aliphatic carbocycles. The molecular weight excluding hydrogens is 248 g/mol. The highest BCUT2D eigenvalue weighted by atomic mass is 32.2. The van der Waals surface area contributed by atoms with Gasteiger partial charge in [0.05, 0.1) is 8.47 Å². The predicted molar refractivity (Wildman–Crippen MR) is 76.5 cm³/mol. The third-order valence-corrected chi connectivity index (χ3v) is 6.79. The van der Waals surface area contributed by atoms with E-state index >= 15 is 0 Å². The summed E-state index contributed by atoms with van der Waals surface area (Å²) < 4.78 is 2.85. The van der Waals surface area contributed by atoms with Gasteiger partial charge < -0.3 is 0 Å². The molecular formula is C10H14S4. The molecule has 1 heterocycles. The molecule has 0 saturated carbocycles. The van der Waals surface area contributed by atoms with E-state index in [1.807, 2.05) is 47.0 Å². The summed E-state index contributed by atoms with van der Waals surface area (Å²) >= 11 is 7.45. The van der Waals surface area contributed by atoms with Crippen LogP contribution in [0, 0.1) is 0 Å². The zero-order chi connectivity index (χ0) is 10.6. The predicted octanol–water partition coefficient (Wildman–Crippen LogP) is 5.47. The second-order valence-electron chi connectivity index (χ2n) is 2.73. The van der Waals surface area contributed by atoms with Crippen molar-refractivity contribution in [3.05, 3.63) is 29.8 Å². The number of rotatable bonds is 3. The maximum atomic E-state index is 2.22. The second kappa shape index (κ2) is 6.26. The third kappa shape index (κ3) is 3.65. The van der Waals surface area contributed by atoms with Crippen LogP contribution < -0.4 is 0 Å². The Balaban J connectivity index is 2.72. The highest BCUT2D eigenvalue weighted by Gasteiger charge is 2.14. The van der Waals surface area contributed by atoms with E-state index in [4.69, 9.17) is 0 Å². The van der Waals surface area contributed by atoms with Gasteiger partial charge in [-0.25, -0.2) is 0 Å². The lowest BCUT2D eigenvalue weighted by molar-refractivity contribution is 1.60. The van der Waals surface area contributed by atoms with Gasteiger partial charge in [0.1, 0.15) is 0 Å². The molecule has 0 radical (unpaired) electrons. The second-order valence-corrected chi connectivity index (χ2v) is 7.45. The molecule has 0 N–H and O–H groups in total. The van der Waals surface area contributed by atoms with E-state index in [1.165, 1.54) is 18.3 Å². The molecule has 1 aliphatic rings. The van der Waals surface area contributed by atoms with Crippen molar-refractivity contribution in [3.8, 4) is 0 Å². The molecule has 0 unspecified atom stereocenters. The first-order chi connectivity index (χ1) is 6.67. The molecule has 14 heavy (non-hydrogen) atoms. The maximum Gasteiger partial charge on any atom is 0.0693 e. The smallest absolute Gasteiger partial charge is 0.0693 e. The summed E-state index contributed by atoms with van der Waals surface area (Å²) in [5.74, 6) is 0. The Morgan fingerprint density at radius 1 is 1.50 bits per heavy atom. The number of thioether (sulfide) groups is 4. The maximum absolute atomic E-state index is 2.22. The standard InChI is InChI=1S/C10H14S4/c1-5-7(2)13-9(11-4)10-12-6-8(3)14-10/h5-6H,1-4H3/b7-5-,10-9+. The van der Waals surface area contributed by atoms with Crippen LogP contribution in [0.1, 0.15) is 20.8 Å². The first-order valence-corrected chi connectivity index (χ1v) is 8.01. The van der Waals surface area contributed by atoms with Gasteiger partial charge in [0.2, 0.25) is 0 Å². The summed E-state index contributed by atoms with van der Waals surface area (Å²) in [6.45, 7) is 6.41. The van der Waals surface area contributed by atoms with Crippen LogP contribution in [0.15, 0.2) is 29.8 Å². The van der Waals surface area contributed by atoms with E-state index in [2.05, 4.69) is 38.5 Å². The molecule has 0 amide bonds. The molecule has 0 atom stereocenters. The van der Waals surface area contributed by atoms with E-state index in [9.17, 15) is 0 Å². The van der Waals surface area contributed by atoms with Crippen molar-refractivity contribution in [2.45, 2.75) is 20.8 Å². The molecule has 0 aromatic heterocycles. The lowest BCUT2D eigenvalue weighted by Crippen LogP contribution is -1.73. The molecule has 0 fully saturated rings. The lowest BCUT2D eigenvalue weighted by atomic mass is 10.6. The fourth-order valence-corrected chi connectivity index (χ4v) is 5.28. The van der Waals surface area contributed by atoms with Gasteiger partial charge in [-0.1, -0.05) is 41.4 Å². The van der Waals surface area contributed by atoms with E-state index < -0.39 is 0 Å². The molecule has 0 aromatic rings. The van der Waals surface area contributed by atoms with Crippen LogP contribution in [0.2, 0.25) is 0 Å². The van der Waals surface area contributed by atoms with Crippen molar-refractivity contribution in [1.82, 2.24) is 0 Å². The van der Waals surface area contributed by atoms with E-state index in [1.54, 1.807) is 0 Å². The Bertz CT molecular complexity index is 299. The molecule has 0 aromatic carbocycles. The Morgan fingerprint density at radius 3 is 2.64 bits per heavy atom. The first-order valence-electron chi connectivity index (χ1n) is 4.27. The highest BCUT2D eigenvalue weighted by molar-refractivity contribution is 8.32. The fraction of sp³-hybridized carbons (Fsp3) is 0.400. The van der Waals surface area contributed by atoms with E-state index in [-0.39, 0.29) is 0 Å². The van der Waals surface area contributed by atoms with Crippen LogP contribution in [0.25, 0.3) is 0 Å². The van der Waals surface area contributed by atoms with Crippen LogP contribution in [-0.4, -0.2) is 6.26 Å². The molecule has 0 saturated heterocycles. The molecule has 0 spiro atoms. The minimum absolute atomic E-state index is 1.37. The summed E-state index contributed by atoms with van der Waals surface area (Å²) in [6, 6.07) is 0. The van der Waals surface area contributed by atoms with E-state index in [0.29, 0.717) is 0 Å². The van der Waals surface area contributed by atoms with Gasteiger partial charge in [0.15, 0.2) is 0 Å². The summed E-state index contributed by atoms with van der Waals surface area (Å²) in [7, 11) is 0. The summed E-state index contributed by atoms with van der Waals surface area (Å²) in [5.41, 5.74) is 0. The normalized spacial score (nSPS) is 21.1. The van der Waals surface area contributed by atoms with Gasteiger partial charge in [-0.15, -0.1) is 11.8 Å². The minimum atomic E-state index is 1.37. The zero-order valence-corrected chi connectivity index (χ0v) is 12.1. The van der Waals surface area contributed by atoms with Crippen LogP contribution in [0.3, 0.4) is 0 Å². The van der Waals surface area contributed by atoms with Gasteiger partial charge >= 0.3 is 0 Å². The molecule has 78 valence electrons. The van der Waals surface area contributed by atoms with Gasteiger partial charge in [0, 0.05) is 0 Å². The zero-order valence-electron chi connectivity index (χ0n) is 8.79. The van der Waals surface area contributed by atoms with Gasteiger partial charge in [0.25, 0.3) is 0 Å². The molecule has 1 rings (SSSR count). The lowest BCUT2D eigenvalue weighted by Gasteiger charge is -2.06. The molecule has 0 bridgehead atoms. The fourth-order valence-electron chi connectivity index (χ4n) is 0.792.